The molecule has 6 heterocycles. The van der Waals surface area contributed by atoms with E-state index >= 15 is 0 Å². The van der Waals surface area contributed by atoms with E-state index in [-0.39, 0.29) is 29.2 Å². The van der Waals surface area contributed by atoms with Crippen LogP contribution in [0.1, 0.15) is 65.5 Å². The average molecular weight is 642 g/mol. The van der Waals surface area contributed by atoms with Gasteiger partial charge >= 0.3 is 5.97 Å². The average Bonchev–Trinajstić information content (AvgIpc) is 3.88. The molecule has 11 heteroatoms. The minimum atomic E-state index is -0.651. The number of fused-ring (bicyclic) bond motifs is 8. The molecule has 3 aliphatic heterocycles. The Labute approximate surface area is 274 Å². The quantitative estimate of drug-likeness (QED) is 0.171. The molecule has 9 rings (SSSR count). The maximum Gasteiger partial charge on any atom is 0.360 e. The van der Waals surface area contributed by atoms with Crippen molar-refractivity contribution in [3.05, 3.63) is 95.3 Å². The van der Waals surface area contributed by atoms with Gasteiger partial charge < -0.3 is 33.9 Å². The first-order chi connectivity index (χ1) is 23.4. The summed E-state index contributed by atoms with van der Waals surface area (Å²) in [4.78, 5) is 39.5. The fourth-order valence-corrected chi connectivity index (χ4v) is 7.15. The molecule has 0 saturated heterocycles. The van der Waals surface area contributed by atoms with E-state index in [1.165, 1.54) is 7.11 Å². The lowest BCUT2D eigenvalue weighted by molar-refractivity contribution is -0.122. The van der Waals surface area contributed by atoms with Gasteiger partial charge in [-0.2, -0.15) is 4.98 Å². The summed E-state index contributed by atoms with van der Waals surface area (Å²) < 4.78 is 25.2. The summed E-state index contributed by atoms with van der Waals surface area (Å²) in [5.74, 6) is 0.465. The number of para-hydroxylation sites is 1. The standard InChI is InChI=1S/C37H31N5O6/c1-17(2)29-35-41-30-33(48-35)28-21-15-18(12-14-26(43)40-29)11-13-25(21)46-34(28)39-23-9-5-4-7-19(23)20-8-6-10-24-27(20)22(16-38-24)32-31(37(44)45-3)42-36(30)47-32/h4-11,13,15-17,28-29,34,38-39H,12,14H2,1-3H3,(H,40,43). The SMILES string of the molecule is COC(=O)c1nc2oc1-c1c[nH]c3cccc(c13)-c1ccccc1NC1Oc3ccc4cc3C1c1oc(nc1-2)C(C(C)C)NC(=O)CC4. The zero-order valence-corrected chi connectivity index (χ0v) is 26.4. The van der Waals surface area contributed by atoms with Crippen molar-refractivity contribution in [2.75, 3.05) is 12.4 Å². The molecule has 3 aliphatic rings. The third-order valence-corrected chi connectivity index (χ3v) is 9.48. The number of esters is 1. The van der Waals surface area contributed by atoms with Gasteiger partial charge in [0, 0.05) is 45.9 Å². The molecular formula is C37H31N5O6. The Morgan fingerprint density at radius 2 is 1.81 bits per heavy atom. The van der Waals surface area contributed by atoms with Crippen LogP contribution in [0.2, 0.25) is 0 Å². The molecule has 0 spiro atoms. The number of carbonyl (C=O) groups is 2. The maximum absolute atomic E-state index is 13.3. The van der Waals surface area contributed by atoms with Crippen LogP contribution >= 0.6 is 0 Å². The summed E-state index contributed by atoms with van der Waals surface area (Å²) in [5.41, 5.74) is 6.39. The largest absolute Gasteiger partial charge is 0.469 e. The number of nitrogens with zero attached hydrogens (tertiary/aromatic N) is 2. The van der Waals surface area contributed by atoms with E-state index in [0.29, 0.717) is 41.5 Å². The second-order valence-corrected chi connectivity index (χ2v) is 12.8. The Balaban J connectivity index is 1.39. The number of hydrogen-bond donors (Lipinski definition) is 3. The van der Waals surface area contributed by atoms with Crippen molar-refractivity contribution in [2.45, 2.75) is 44.9 Å². The normalized spacial score (nSPS) is 19.2. The summed E-state index contributed by atoms with van der Waals surface area (Å²) in [6.45, 7) is 4.00. The Hall–Kier alpha value is -5.84. The van der Waals surface area contributed by atoms with Crippen molar-refractivity contribution in [3.8, 4) is 39.8 Å². The molecule has 3 aromatic heterocycles. The van der Waals surface area contributed by atoms with Crippen molar-refractivity contribution < 1.29 is 27.9 Å². The number of hydrogen-bond acceptors (Lipinski definition) is 9. The van der Waals surface area contributed by atoms with Crippen molar-refractivity contribution in [2.24, 2.45) is 5.92 Å². The van der Waals surface area contributed by atoms with E-state index in [0.717, 1.165) is 38.8 Å². The number of oxazole rings is 2. The topological polar surface area (TPSA) is 145 Å². The van der Waals surface area contributed by atoms with Crippen LogP contribution in [0.4, 0.5) is 5.69 Å². The van der Waals surface area contributed by atoms with Gasteiger partial charge in [0.2, 0.25) is 17.7 Å². The molecule has 3 aromatic carbocycles. The Morgan fingerprint density at radius 1 is 0.958 bits per heavy atom. The van der Waals surface area contributed by atoms with Crippen LogP contribution < -0.4 is 15.4 Å². The number of carbonyl (C=O) groups excluding carboxylic acids is 2. The van der Waals surface area contributed by atoms with Crippen LogP contribution in [0.3, 0.4) is 0 Å². The van der Waals surface area contributed by atoms with Gasteiger partial charge in [0.1, 0.15) is 17.7 Å². The minimum Gasteiger partial charge on any atom is -0.469 e. The summed E-state index contributed by atoms with van der Waals surface area (Å²) >= 11 is 0. The number of rotatable bonds is 2. The lowest BCUT2D eigenvalue weighted by atomic mass is 9.92. The number of amides is 1. The molecule has 11 nitrogen and oxygen atoms in total. The number of anilines is 1. The summed E-state index contributed by atoms with van der Waals surface area (Å²) in [7, 11) is 1.31. The third-order valence-electron chi connectivity index (χ3n) is 9.48. The molecule has 0 aliphatic carbocycles. The van der Waals surface area contributed by atoms with Gasteiger partial charge in [-0.1, -0.05) is 56.3 Å². The molecule has 240 valence electrons. The summed E-state index contributed by atoms with van der Waals surface area (Å²) in [6, 6.07) is 19.5. The minimum absolute atomic E-state index is 0.00992. The van der Waals surface area contributed by atoms with Crippen LogP contribution in [-0.2, 0) is 16.0 Å². The first-order valence-corrected chi connectivity index (χ1v) is 16.0. The van der Waals surface area contributed by atoms with Gasteiger partial charge in [0.25, 0.3) is 0 Å². The molecule has 1 amide bonds. The lowest BCUT2D eigenvalue weighted by Crippen LogP contribution is -2.32. The van der Waals surface area contributed by atoms with Crippen LogP contribution in [0.5, 0.6) is 5.75 Å². The zero-order chi connectivity index (χ0) is 32.7. The number of aryl methyl sites for hydroxylation is 1. The fraction of sp³-hybridized carbons (Fsp3) is 0.243. The smallest absolute Gasteiger partial charge is 0.360 e. The number of aromatic amines is 1. The van der Waals surface area contributed by atoms with Crippen LogP contribution in [0.15, 0.2) is 75.7 Å². The highest BCUT2D eigenvalue weighted by molar-refractivity contribution is 6.09. The highest BCUT2D eigenvalue weighted by Crippen LogP contribution is 2.49. The van der Waals surface area contributed by atoms with Gasteiger partial charge in [-0.3, -0.25) is 4.79 Å². The second-order valence-electron chi connectivity index (χ2n) is 12.8. The fourth-order valence-electron chi connectivity index (χ4n) is 7.15. The predicted octanol–water partition coefficient (Wildman–Crippen LogP) is 6.97. The Bertz CT molecular complexity index is 2280. The number of H-pyrrole nitrogens is 1. The van der Waals surface area contributed by atoms with Crippen LogP contribution in [0, 0.1) is 5.92 Å². The van der Waals surface area contributed by atoms with E-state index in [2.05, 4.69) is 27.8 Å². The number of ether oxygens (including phenoxy) is 2. The zero-order valence-electron chi connectivity index (χ0n) is 26.4. The molecular weight excluding hydrogens is 610 g/mol. The first-order valence-electron chi connectivity index (χ1n) is 16.0. The maximum atomic E-state index is 13.3. The third kappa shape index (κ3) is 4.27. The van der Waals surface area contributed by atoms with E-state index in [1.807, 2.05) is 68.6 Å². The van der Waals surface area contributed by atoms with E-state index < -0.39 is 24.2 Å². The number of aromatic nitrogens is 3. The summed E-state index contributed by atoms with van der Waals surface area (Å²) in [5, 5.41) is 7.69. The van der Waals surface area contributed by atoms with E-state index in [4.69, 9.17) is 28.3 Å². The Morgan fingerprint density at radius 3 is 2.67 bits per heavy atom. The monoisotopic (exact) mass is 641 g/mol. The lowest BCUT2D eigenvalue weighted by Gasteiger charge is -2.23. The molecule has 0 saturated carbocycles. The predicted molar refractivity (Wildman–Crippen MR) is 176 cm³/mol. The van der Waals surface area contributed by atoms with Crippen LogP contribution in [0.25, 0.3) is 44.9 Å². The van der Waals surface area contributed by atoms with Crippen LogP contribution in [-0.4, -0.2) is 40.2 Å². The molecule has 6 bridgehead atoms. The van der Waals surface area contributed by atoms with Crippen molar-refractivity contribution in [3.63, 3.8) is 0 Å². The number of benzene rings is 3. The highest BCUT2D eigenvalue weighted by atomic mass is 16.5. The molecule has 3 N–H and O–H groups in total. The molecule has 3 unspecified atom stereocenters. The van der Waals surface area contributed by atoms with Crippen molar-refractivity contribution in [1.29, 1.82) is 0 Å². The van der Waals surface area contributed by atoms with Crippen molar-refractivity contribution in [1.82, 2.24) is 20.3 Å². The molecule has 48 heavy (non-hydrogen) atoms. The Kier molecular flexibility index (Phi) is 6.27. The van der Waals surface area contributed by atoms with E-state index in [9.17, 15) is 9.59 Å². The van der Waals surface area contributed by atoms with Crippen molar-refractivity contribution >= 4 is 28.5 Å². The summed E-state index contributed by atoms with van der Waals surface area (Å²) in [6.07, 6.45) is 2.06. The highest BCUT2D eigenvalue weighted by Gasteiger charge is 2.44. The molecule has 3 atom stereocenters. The van der Waals surface area contributed by atoms with E-state index in [1.54, 1.807) is 0 Å². The van der Waals surface area contributed by atoms with Gasteiger partial charge in [0.05, 0.1) is 7.11 Å². The van der Waals surface area contributed by atoms with Gasteiger partial charge in [-0.25, -0.2) is 9.78 Å². The second kappa shape index (κ2) is 10.6. The van der Waals surface area contributed by atoms with Gasteiger partial charge in [-0.05, 0) is 41.7 Å². The number of methoxy groups -OCH3 is 1. The first kappa shape index (κ1) is 28.4. The molecule has 0 fully saturated rings. The molecule has 6 aromatic rings. The molecule has 0 radical (unpaired) electrons. The van der Waals surface area contributed by atoms with Gasteiger partial charge in [-0.15, -0.1) is 0 Å². The number of nitrogens with one attached hydrogen (secondary N) is 3. The van der Waals surface area contributed by atoms with Gasteiger partial charge in [0.15, 0.2) is 29.1 Å².